The van der Waals surface area contributed by atoms with Crippen LogP contribution in [-0.4, -0.2) is 0 Å². The van der Waals surface area contributed by atoms with E-state index in [1.165, 1.54) is 6.07 Å². The Kier molecular flexibility index (Phi) is 4.65. The van der Waals surface area contributed by atoms with Gasteiger partial charge in [-0.15, -0.1) is 6.58 Å². The van der Waals surface area contributed by atoms with E-state index in [0.717, 1.165) is 24.0 Å². The quantitative estimate of drug-likeness (QED) is 0.456. The summed E-state index contributed by atoms with van der Waals surface area (Å²) >= 11 is 0. The lowest BCUT2D eigenvalue weighted by molar-refractivity contribution is 0.484. The second kappa shape index (κ2) is 5.77. The Hall–Kier alpha value is -1.19. The maximum Gasteiger partial charge on any atom is 0.128 e. The third-order valence-electron chi connectivity index (χ3n) is 2.59. The van der Waals surface area contributed by atoms with Crippen LogP contribution < -0.4 is 11.3 Å². The van der Waals surface area contributed by atoms with E-state index in [1.54, 1.807) is 6.07 Å². The molecule has 0 bridgehead atoms. The Morgan fingerprint density at radius 2 is 2.25 bits per heavy atom. The molecule has 0 saturated heterocycles. The number of allylic oxidation sites excluding steroid dienone is 1. The van der Waals surface area contributed by atoms with Gasteiger partial charge < -0.3 is 0 Å². The minimum atomic E-state index is -0.204. The minimum absolute atomic E-state index is 0.155. The largest absolute Gasteiger partial charge is 0.271 e. The molecule has 3 heteroatoms. The minimum Gasteiger partial charge on any atom is -0.271 e. The summed E-state index contributed by atoms with van der Waals surface area (Å²) in [6.07, 6.45) is 1.59. The van der Waals surface area contributed by atoms with Crippen LogP contribution in [0.15, 0.2) is 30.4 Å². The van der Waals surface area contributed by atoms with Gasteiger partial charge in [-0.05, 0) is 38.3 Å². The number of halogens is 1. The maximum absolute atomic E-state index is 13.7. The van der Waals surface area contributed by atoms with Crippen molar-refractivity contribution in [1.82, 2.24) is 5.43 Å². The summed E-state index contributed by atoms with van der Waals surface area (Å²) in [5.41, 5.74) is 5.26. The van der Waals surface area contributed by atoms with Gasteiger partial charge in [-0.1, -0.05) is 17.7 Å². The first-order valence-corrected chi connectivity index (χ1v) is 5.41. The van der Waals surface area contributed by atoms with Crippen molar-refractivity contribution in [2.75, 3.05) is 0 Å². The van der Waals surface area contributed by atoms with E-state index in [9.17, 15) is 4.39 Å². The molecule has 0 amide bonds. The molecule has 0 aliphatic carbocycles. The summed E-state index contributed by atoms with van der Waals surface area (Å²) in [4.78, 5) is 0. The van der Waals surface area contributed by atoms with E-state index >= 15 is 0 Å². The van der Waals surface area contributed by atoms with Gasteiger partial charge in [0, 0.05) is 11.6 Å². The summed E-state index contributed by atoms with van der Waals surface area (Å²) in [6, 6.07) is 5.05. The predicted molar refractivity (Wildman–Crippen MR) is 65.2 cm³/mol. The van der Waals surface area contributed by atoms with Gasteiger partial charge in [0.2, 0.25) is 0 Å². The molecule has 2 nitrogen and oxygen atoms in total. The van der Waals surface area contributed by atoms with E-state index in [-0.39, 0.29) is 11.9 Å². The van der Waals surface area contributed by atoms with Gasteiger partial charge in [0.25, 0.3) is 0 Å². The molecule has 0 heterocycles. The summed E-state index contributed by atoms with van der Waals surface area (Å²) in [7, 11) is 0. The number of benzene rings is 1. The van der Waals surface area contributed by atoms with Crippen molar-refractivity contribution in [3.8, 4) is 0 Å². The van der Waals surface area contributed by atoms with Crippen molar-refractivity contribution < 1.29 is 4.39 Å². The molecule has 0 fully saturated rings. The van der Waals surface area contributed by atoms with Crippen molar-refractivity contribution in [1.29, 1.82) is 0 Å². The molecule has 0 aromatic heterocycles. The van der Waals surface area contributed by atoms with E-state index in [4.69, 9.17) is 5.84 Å². The van der Waals surface area contributed by atoms with Crippen molar-refractivity contribution in [2.24, 2.45) is 5.84 Å². The number of rotatable bonds is 5. The third kappa shape index (κ3) is 3.43. The lowest BCUT2D eigenvalue weighted by Crippen LogP contribution is -2.28. The summed E-state index contributed by atoms with van der Waals surface area (Å²) in [6.45, 7) is 7.65. The van der Waals surface area contributed by atoms with Crippen molar-refractivity contribution >= 4 is 0 Å². The summed E-state index contributed by atoms with van der Waals surface area (Å²) < 4.78 is 13.7. The maximum atomic E-state index is 13.7. The smallest absolute Gasteiger partial charge is 0.128 e. The van der Waals surface area contributed by atoms with Gasteiger partial charge in [0.1, 0.15) is 5.82 Å². The Bertz CT molecular complexity index is 374. The molecule has 1 unspecified atom stereocenters. The molecule has 0 saturated carbocycles. The molecule has 0 spiro atoms. The number of aryl methyl sites for hydroxylation is 1. The van der Waals surface area contributed by atoms with Crippen LogP contribution in [-0.2, 0) is 0 Å². The Labute approximate surface area is 96.3 Å². The first kappa shape index (κ1) is 12.9. The number of hydrogen-bond acceptors (Lipinski definition) is 2. The monoisotopic (exact) mass is 222 g/mol. The Morgan fingerprint density at radius 3 is 2.75 bits per heavy atom. The van der Waals surface area contributed by atoms with E-state index in [0.29, 0.717) is 5.56 Å². The summed E-state index contributed by atoms with van der Waals surface area (Å²) in [5.74, 6) is 5.25. The molecular formula is C13H19FN2. The van der Waals surface area contributed by atoms with E-state index in [2.05, 4.69) is 12.0 Å². The lowest BCUT2D eigenvalue weighted by atomic mass is 9.99. The second-order valence-corrected chi connectivity index (χ2v) is 4.24. The van der Waals surface area contributed by atoms with Crippen LogP contribution in [0.25, 0.3) is 0 Å². The van der Waals surface area contributed by atoms with Crippen molar-refractivity contribution in [3.05, 3.63) is 47.3 Å². The van der Waals surface area contributed by atoms with Crippen molar-refractivity contribution in [3.63, 3.8) is 0 Å². The normalized spacial score (nSPS) is 12.5. The highest BCUT2D eigenvalue weighted by molar-refractivity contribution is 5.26. The summed E-state index contributed by atoms with van der Waals surface area (Å²) in [5, 5.41) is 0. The van der Waals surface area contributed by atoms with Gasteiger partial charge >= 0.3 is 0 Å². The molecular weight excluding hydrogens is 203 g/mol. The Balaban J connectivity index is 2.82. The first-order valence-electron chi connectivity index (χ1n) is 5.41. The fourth-order valence-electron chi connectivity index (χ4n) is 1.63. The number of hydrogen-bond donors (Lipinski definition) is 2. The van der Waals surface area contributed by atoms with Crippen LogP contribution >= 0.6 is 0 Å². The van der Waals surface area contributed by atoms with Crippen LogP contribution in [0.5, 0.6) is 0 Å². The average molecular weight is 222 g/mol. The van der Waals surface area contributed by atoms with Crippen LogP contribution in [0.2, 0.25) is 0 Å². The molecule has 1 atom stereocenters. The fourth-order valence-corrected chi connectivity index (χ4v) is 1.63. The molecule has 3 N–H and O–H groups in total. The average Bonchev–Trinajstić information content (AvgIpc) is 2.21. The highest BCUT2D eigenvalue weighted by atomic mass is 19.1. The number of hydrazine groups is 1. The number of nitrogens with one attached hydrogen (secondary N) is 1. The molecule has 0 aliphatic heterocycles. The second-order valence-electron chi connectivity index (χ2n) is 4.24. The van der Waals surface area contributed by atoms with E-state index in [1.807, 2.05) is 19.9 Å². The molecule has 88 valence electrons. The van der Waals surface area contributed by atoms with E-state index < -0.39 is 0 Å². The zero-order chi connectivity index (χ0) is 12.1. The van der Waals surface area contributed by atoms with Crippen LogP contribution in [0.4, 0.5) is 4.39 Å². The molecule has 0 aliphatic rings. The molecule has 1 rings (SSSR count). The van der Waals surface area contributed by atoms with Crippen molar-refractivity contribution in [2.45, 2.75) is 32.7 Å². The zero-order valence-corrected chi connectivity index (χ0v) is 9.89. The van der Waals surface area contributed by atoms with Gasteiger partial charge in [-0.25, -0.2) is 4.39 Å². The van der Waals surface area contributed by atoms with Gasteiger partial charge in [-0.3, -0.25) is 11.3 Å². The first-order chi connectivity index (χ1) is 7.54. The van der Waals surface area contributed by atoms with Crippen LogP contribution in [0.1, 0.15) is 36.9 Å². The standard InChI is InChI=1S/C13H19FN2/c1-9(2)4-7-13(16-15)11-6-5-10(3)8-12(11)14/h5-6,8,13,16H,1,4,7,15H2,2-3H3. The van der Waals surface area contributed by atoms with Crippen LogP contribution in [0.3, 0.4) is 0 Å². The number of nitrogens with two attached hydrogens (primary N) is 1. The Morgan fingerprint density at radius 1 is 1.56 bits per heavy atom. The SMILES string of the molecule is C=C(C)CCC(NN)c1ccc(C)cc1F. The highest BCUT2D eigenvalue weighted by Gasteiger charge is 2.13. The third-order valence-corrected chi connectivity index (χ3v) is 2.59. The molecule has 0 radical (unpaired) electrons. The fraction of sp³-hybridized carbons (Fsp3) is 0.385. The predicted octanol–water partition coefficient (Wildman–Crippen LogP) is 2.99. The topological polar surface area (TPSA) is 38.0 Å². The zero-order valence-electron chi connectivity index (χ0n) is 9.89. The van der Waals surface area contributed by atoms with Gasteiger partial charge in [0.05, 0.1) is 0 Å². The molecule has 1 aromatic rings. The van der Waals surface area contributed by atoms with Gasteiger partial charge in [-0.2, -0.15) is 0 Å². The lowest BCUT2D eigenvalue weighted by Gasteiger charge is -2.17. The van der Waals surface area contributed by atoms with Gasteiger partial charge in [0.15, 0.2) is 0 Å². The molecule has 16 heavy (non-hydrogen) atoms. The molecule has 1 aromatic carbocycles. The van der Waals surface area contributed by atoms with Crippen LogP contribution in [0, 0.1) is 12.7 Å². The highest BCUT2D eigenvalue weighted by Crippen LogP contribution is 2.23.